The smallest absolute Gasteiger partial charge is 0.138 e. The van der Waals surface area contributed by atoms with Crippen LogP contribution in [0.3, 0.4) is 0 Å². The lowest BCUT2D eigenvalue weighted by atomic mass is 10.0. The van der Waals surface area contributed by atoms with Crippen molar-refractivity contribution in [3.8, 4) is 0 Å². The summed E-state index contributed by atoms with van der Waals surface area (Å²) in [4.78, 5) is 0. The Morgan fingerprint density at radius 3 is 2.65 bits per heavy atom. The summed E-state index contributed by atoms with van der Waals surface area (Å²) in [5.41, 5.74) is 6.85. The van der Waals surface area contributed by atoms with E-state index in [2.05, 4.69) is 19.2 Å². The first-order chi connectivity index (χ1) is 7.93. The summed E-state index contributed by atoms with van der Waals surface area (Å²) in [6.07, 6.45) is 0.809. The van der Waals surface area contributed by atoms with Crippen molar-refractivity contribution in [1.82, 2.24) is 0 Å². The number of halogens is 2. The molecule has 0 radical (unpaired) electrons. The monoisotopic (exact) mass is 352 g/mol. The Kier molecular flexibility index (Phi) is 5.45. The molecular weight excluding hydrogens is 334 g/mol. The zero-order valence-electron chi connectivity index (χ0n) is 10.0. The molecule has 0 saturated heterocycles. The van der Waals surface area contributed by atoms with Crippen molar-refractivity contribution in [1.29, 1.82) is 0 Å². The average molecular weight is 352 g/mol. The highest BCUT2D eigenvalue weighted by atomic mass is 127. The molecule has 0 aromatic heterocycles. The largest absolute Gasteiger partial charge is 0.397 e. The Hall–Kier alpha value is -0.560. The Bertz CT molecular complexity index is 385. The fourth-order valence-electron chi connectivity index (χ4n) is 1.66. The summed E-state index contributed by atoms with van der Waals surface area (Å²) in [7, 11) is 0. The first-order valence-electron chi connectivity index (χ1n) is 5.56. The third-order valence-corrected chi connectivity index (χ3v) is 3.26. The molecule has 0 bridgehead atoms. The molecule has 0 fully saturated rings. The van der Waals surface area contributed by atoms with E-state index in [-0.39, 0.29) is 18.5 Å². The molecule has 0 saturated carbocycles. The number of aliphatic hydroxyl groups excluding tert-OH is 1. The molecule has 5 heteroatoms. The van der Waals surface area contributed by atoms with Gasteiger partial charge in [0.2, 0.25) is 0 Å². The zero-order chi connectivity index (χ0) is 13.0. The van der Waals surface area contributed by atoms with Crippen LogP contribution in [0.4, 0.5) is 15.8 Å². The molecule has 1 unspecified atom stereocenters. The van der Waals surface area contributed by atoms with Gasteiger partial charge in [-0.25, -0.2) is 4.39 Å². The Morgan fingerprint density at radius 1 is 1.47 bits per heavy atom. The predicted octanol–water partition coefficient (Wildman–Crippen LogP) is 2.83. The predicted molar refractivity (Wildman–Crippen MR) is 77.5 cm³/mol. The molecule has 0 spiro atoms. The first-order valence-corrected chi connectivity index (χ1v) is 6.63. The van der Waals surface area contributed by atoms with Crippen LogP contribution in [-0.4, -0.2) is 17.8 Å². The number of rotatable bonds is 5. The van der Waals surface area contributed by atoms with Crippen molar-refractivity contribution < 1.29 is 9.50 Å². The van der Waals surface area contributed by atoms with Gasteiger partial charge in [0, 0.05) is 12.1 Å². The lowest BCUT2D eigenvalue weighted by Gasteiger charge is -2.20. The van der Waals surface area contributed by atoms with Gasteiger partial charge >= 0.3 is 0 Å². The third kappa shape index (κ3) is 4.31. The second-order valence-electron chi connectivity index (χ2n) is 4.51. The maximum absolute atomic E-state index is 13.4. The van der Waals surface area contributed by atoms with Crippen molar-refractivity contribution in [2.45, 2.75) is 26.3 Å². The molecule has 1 aromatic carbocycles. The maximum atomic E-state index is 13.4. The molecule has 0 amide bonds. The van der Waals surface area contributed by atoms with Crippen molar-refractivity contribution >= 4 is 34.0 Å². The molecule has 1 rings (SSSR count). The fourth-order valence-corrected chi connectivity index (χ4v) is 2.15. The summed E-state index contributed by atoms with van der Waals surface area (Å²) in [5.74, 6) is 0.151. The van der Waals surface area contributed by atoms with Crippen LogP contribution in [0.25, 0.3) is 0 Å². The fraction of sp³-hybridized carbons (Fsp3) is 0.500. The topological polar surface area (TPSA) is 58.3 Å². The van der Waals surface area contributed by atoms with Gasteiger partial charge in [-0.1, -0.05) is 13.8 Å². The molecular formula is C12H18FIN2O. The maximum Gasteiger partial charge on any atom is 0.138 e. The van der Waals surface area contributed by atoms with Gasteiger partial charge in [0.1, 0.15) is 5.82 Å². The highest BCUT2D eigenvalue weighted by Gasteiger charge is 2.12. The molecule has 1 aromatic rings. The van der Waals surface area contributed by atoms with Crippen molar-refractivity contribution in [3.05, 3.63) is 21.5 Å². The number of aliphatic hydroxyl groups is 1. The SMILES string of the molecule is CC(C)CC(CO)Nc1cc(F)c(I)cc1N. The van der Waals surface area contributed by atoms with E-state index in [0.29, 0.717) is 20.9 Å². The summed E-state index contributed by atoms with van der Waals surface area (Å²) >= 11 is 1.90. The van der Waals surface area contributed by atoms with Crippen molar-refractivity contribution in [3.63, 3.8) is 0 Å². The number of nitrogen functional groups attached to an aromatic ring is 1. The van der Waals surface area contributed by atoms with Crippen LogP contribution >= 0.6 is 22.6 Å². The van der Waals surface area contributed by atoms with E-state index in [1.807, 2.05) is 22.6 Å². The molecule has 0 aliphatic heterocycles. The van der Waals surface area contributed by atoms with Crippen LogP contribution in [0.5, 0.6) is 0 Å². The van der Waals surface area contributed by atoms with Crippen LogP contribution in [0.1, 0.15) is 20.3 Å². The van der Waals surface area contributed by atoms with Gasteiger partial charge in [-0.2, -0.15) is 0 Å². The van der Waals surface area contributed by atoms with E-state index in [4.69, 9.17) is 5.73 Å². The Balaban J connectivity index is 2.82. The summed E-state index contributed by atoms with van der Waals surface area (Å²) in [5, 5.41) is 12.3. The summed E-state index contributed by atoms with van der Waals surface area (Å²) in [6, 6.07) is 2.86. The average Bonchev–Trinajstić information content (AvgIpc) is 2.24. The number of nitrogens with one attached hydrogen (secondary N) is 1. The number of hydrogen-bond donors (Lipinski definition) is 3. The molecule has 4 N–H and O–H groups in total. The van der Waals surface area contributed by atoms with Crippen LogP contribution in [0.2, 0.25) is 0 Å². The van der Waals surface area contributed by atoms with E-state index in [0.717, 1.165) is 6.42 Å². The minimum absolute atomic E-state index is 0.00518. The Morgan fingerprint density at radius 2 is 2.12 bits per heavy atom. The van der Waals surface area contributed by atoms with Crippen LogP contribution in [0.15, 0.2) is 12.1 Å². The molecule has 0 aliphatic rings. The number of hydrogen-bond acceptors (Lipinski definition) is 3. The second-order valence-corrected chi connectivity index (χ2v) is 5.67. The van der Waals surface area contributed by atoms with Crippen LogP contribution in [-0.2, 0) is 0 Å². The molecule has 0 aliphatic carbocycles. The molecule has 0 heterocycles. The standard InChI is InChI=1S/C12H18FIN2O/c1-7(2)3-8(6-17)16-12-4-9(13)10(14)5-11(12)15/h4-5,7-8,16-17H,3,6,15H2,1-2H3. The lowest BCUT2D eigenvalue weighted by molar-refractivity contribution is 0.259. The van der Waals surface area contributed by atoms with E-state index in [1.165, 1.54) is 6.07 Å². The molecule has 96 valence electrons. The van der Waals surface area contributed by atoms with Crippen LogP contribution in [0, 0.1) is 15.3 Å². The minimum Gasteiger partial charge on any atom is -0.397 e. The molecule has 3 nitrogen and oxygen atoms in total. The van der Waals surface area contributed by atoms with Gasteiger partial charge in [-0.3, -0.25) is 0 Å². The van der Waals surface area contributed by atoms with Crippen LogP contribution < -0.4 is 11.1 Å². The third-order valence-electron chi connectivity index (χ3n) is 2.43. The second kappa shape index (κ2) is 6.39. The first kappa shape index (κ1) is 14.5. The number of anilines is 2. The van der Waals surface area contributed by atoms with Gasteiger partial charge in [0.25, 0.3) is 0 Å². The van der Waals surface area contributed by atoms with E-state index < -0.39 is 0 Å². The Labute approximate surface area is 115 Å². The summed E-state index contributed by atoms with van der Waals surface area (Å²) < 4.78 is 13.9. The normalized spacial score (nSPS) is 12.8. The summed E-state index contributed by atoms with van der Waals surface area (Å²) in [6.45, 7) is 4.15. The quantitative estimate of drug-likeness (QED) is 0.564. The number of nitrogens with two attached hydrogens (primary N) is 1. The lowest BCUT2D eigenvalue weighted by Crippen LogP contribution is -2.26. The van der Waals surface area contributed by atoms with Crippen molar-refractivity contribution in [2.24, 2.45) is 5.92 Å². The van der Waals surface area contributed by atoms with Gasteiger partial charge in [-0.15, -0.1) is 0 Å². The van der Waals surface area contributed by atoms with Gasteiger partial charge < -0.3 is 16.2 Å². The number of benzene rings is 1. The zero-order valence-corrected chi connectivity index (χ0v) is 12.2. The van der Waals surface area contributed by atoms with E-state index >= 15 is 0 Å². The van der Waals surface area contributed by atoms with Gasteiger partial charge in [0.05, 0.1) is 21.6 Å². The molecule has 17 heavy (non-hydrogen) atoms. The highest BCUT2D eigenvalue weighted by Crippen LogP contribution is 2.25. The highest BCUT2D eigenvalue weighted by molar-refractivity contribution is 14.1. The molecule has 1 atom stereocenters. The van der Waals surface area contributed by atoms with E-state index in [9.17, 15) is 9.50 Å². The van der Waals surface area contributed by atoms with Crippen molar-refractivity contribution in [2.75, 3.05) is 17.7 Å². The van der Waals surface area contributed by atoms with Gasteiger partial charge in [0.15, 0.2) is 0 Å². The van der Waals surface area contributed by atoms with E-state index in [1.54, 1.807) is 6.07 Å². The van der Waals surface area contributed by atoms with Gasteiger partial charge in [-0.05, 0) is 41.0 Å². The minimum atomic E-state index is -0.302.